The van der Waals surface area contributed by atoms with Crippen molar-refractivity contribution < 1.29 is 4.39 Å². The van der Waals surface area contributed by atoms with Gasteiger partial charge in [-0.05, 0) is 36.2 Å². The zero-order valence-electron chi connectivity index (χ0n) is 17.0. The average molecular weight is 510 g/mol. The molecule has 1 aromatic carbocycles. The molecule has 3 aromatic rings. The van der Waals surface area contributed by atoms with E-state index >= 15 is 0 Å². The zero-order valence-corrected chi connectivity index (χ0v) is 19.4. The van der Waals surface area contributed by atoms with E-state index in [1.807, 2.05) is 34.9 Å². The van der Waals surface area contributed by atoms with Gasteiger partial charge in [0.25, 0.3) is 0 Å². The van der Waals surface area contributed by atoms with Gasteiger partial charge in [0, 0.05) is 38.2 Å². The van der Waals surface area contributed by atoms with Crippen LogP contribution in [0.1, 0.15) is 31.7 Å². The van der Waals surface area contributed by atoms with Crippen LogP contribution in [0.25, 0.3) is 5.65 Å². The van der Waals surface area contributed by atoms with Crippen LogP contribution in [0.5, 0.6) is 0 Å². The van der Waals surface area contributed by atoms with Crippen molar-refractivity contribution in [2.75, 3.05) is 20.1 Å². The van der Waals surface area contributed by atoms with Gasteiger partial charge >= 0.3 is 0 Å². The number of pyridine rings is 1. The number of nitrogens with one attached hydrogen (secondary N) is 2. The summed E-state index contributed by atoms with van der Waals surface area (Å²) in [5, 5.41) is 15.1. The van der Waals surface area contributed by atoms with Crippen molar-refractivity contribution in [2.45, 2.75) is 32.1 Å². The van der Waals surface area contributed by atoms with Crippen molar-refractivity contribution >= 4 is 35.6 Å². The number of benzene rings is 1. The average Bonchev–Trinajstić information content (AvgIpc) is 3.10. The third kappa shape index (κ3) is 6.12. The van der Waals surface area contributed by atoms with Crippen LogP contribution in [-0.4, -0.2) is 40.7 Å². The molecular formula is C21H28FIN6. The van der Waals surface area contributed by atoms with E-state index in [0.29, 0.717) is 6.54 Å². The van der Waals surface area contributed by atoms with E-state index < -0.39 is 0 Å². The molecule has 0 bridgehead atoms. The second-order valence-electron chi connectivity index (χ2n) is 7.40. The molecule has 2 N–H and O–H groups in total. The molecule has 8 heteroatoms. The molecule has 0 aliphatic heterocycles. The minimum Gasteiger partial charge on any atom is -0.356 e. The Hall–Kier alpha value is -2.23. The second kappa shape index (κ2) is 10.5. The van der Waals surface area contributed by atoms with Crippen LogP contribution in [0, 0.1) is 5.82 Å². The highest BCUT2D eigenvalue weighted by molar-refractivity contribution is 14.0. The lowest BCUT2D eigenvalue weighted by Gasteiger charge is -2.26. The molecule has 2 aromatic heterocycles. The van der Waals surface area contributed by atoms with Crippen LogP contribution < -0.4 is 10.6 Å². The number of aliphatic imine (C=N–C) groups is 1. The Bertz CT molecular complexity index is 953. The SMILES string of the molecule is CN=C(NCCCc1nnc2ccccn12)NCC(C)(C)c1cccc(F)c1.I. The van der Waals surface area contributed by atoms with Gasteiger partial charge in [-0.25, -0.2) is 4.39 Å². The van der Waals surface area contributed by atoms with Crippen LogP contribution in [0.4, 0.5) is 4.39 Å². The number of aryl methyl sites for hydroxylation is 1. The first-order chi connectivity index (χ1) is 13.5. The molecular weight excluding hydrogens is 482 g/mol. The molecule has 0 spiro atoms. The molecule has 0 amide bonds. The topological polar surface area (TPSA) is 66.6 Å². The Morgan fingerprint density at radius 3 is 2.72 bits per heavy atom. The van der Waals surface area contributed by atoms with Gasteiger partial charge in [0.15, 0.2) is 11.6 Å². The molecule has 0 fully saturated rings. The number of rotatable bonds is 7. The van der Waals surface area contributed by atoms with Crippen molar-refractivity contribution in [1.29, 1.82) is 0 Å². The van der Waals surface area contributed by atoms with E-state index in [-0.39, 0.29) is 35.2 Å². The molecule has 0 aliphatic rings. The van der Waals surface area contributed by atoms with Gasteiger partial charge in [-0.3, -0.25) is 9.39 Å². The zero-order chi connectivity index (χ0) is 20.0. The normalized spacial score (nSPS) is 11.9. The maximum Gasteiger partial charge on any atom is 0.191 e. The lowest BCUT2D eigenvalue weighted by Crippen LogP contribution is -2.43. The smallest absolute Gasteiger partial charge is 0.191 e. The third-order valence-electron chi connectivity index (χ3n) is 4.78. The monoisotopic (exact) mass is 510 g/mol. The molecule has 29 heavy (non-hydrogen) atoms. The predicted molar refractivity (Wildman–Crippen MR) is 126 cm³/mol. The maximum absolute atomic E-state index is 13.5. The van der Waals surface area contributed by atoms with Gasteiger partial charge in [-0.15, -0.1) is 34.2 Å². The van der Waals surface area contributed by atoms with E-state index in [0.717, 1.165) is 42.4 Å². The first-order valence-corrected chi connectivity index (χ1v) is 9.49. The van der Waals surface area contributed by atoms with E-state index in [1.165, 1.54) is 6.07 Å². The van der Waals surface area contributed by atoms with Crippen molar-refractivity contribution in [3.05, 3.63) is 65.9 Å². The first kappa shape index (κ1) is 23.1. The highest BCUT2D eigenvalue weighted by atomic mass is 127. The number of halogens is 2. The molecule has 0 radical (unpaired) electrons. The Labute approximate surface area is 188 Å². The standard InChI is InChI=1S/C21H27FN6.HI/c1-21(2,16-8-6-9-17(22)14-16)15-25-20(23-3)24-12-7-11-19-27-26-18-10-4-5-13-28(18)19;/h4-6,8-10,13-14H,7,11-12,15H2,1-3H3,(H2,23,24,25);1H. The second-order valence-corrected chi connectivity index (χ2v) is 7.40. The number of hydrogen-bond acceptors (Lipinski definition) is 3. The summed E-state index contributed by atoms with van der Waals surface area (Å²) in [6, 6.07) is 12.6. The summed E-state index contributed by atoms with van der Waals surface area (Å²) in [7, 11) is 1.75. The van der Waals surface area contributed by atoms with E-state index in [4.69, 9.17) is 0 Å². The molecule has 2 heterocycles. The van der Waals surface area contributed by atoms with Crippen molar-refractivity contribution in [1.82, 2.24) is 25.2 Å². The minimum atomic E-state index is -0.222. The molecule has 0 saturated carbocycles. The Morgan fingerprint density at radius 2 is 1.97 bits per heavy atom. The summed E-state index contributed by atoms with van der Waals surface area (Å²) in [6.45, 7) is 5.57. The van der Waals surface area contributed by atoms with Gasteiger partial charge in [0.1, 0.15) is 11.6 Å². The van der Waals surface area contributed by atoms with Crippen LogP contribution in [0.2, 0.25) is 0 Å². The number of aromatic nitrogens is 3. The Morgan fingerprint density at radius 1 is 1.14 bits per heavy atom. The molecule has 3 rings (SSSR count). The lowest BCUT2D eigenvalue weighted by molar-refractivity contribution is 0.503. The molecule has 0 atom stereocenters. The minimum absolute atomic E-state index is 0. The van der Waals surface area contributed by atoms with Gasteiger partial charge < -0.3 is 10.6 Å². The summed E-state index contributed by atoms with van der Waals surface area (Å²) in [5.74, 6) is 1.47. The summed E-state index contributed by atoms with van der Waals surface area (Å²) >= 11 is 0. The number of fused-ring (bicyclic) bond motifs is 1. The van der Waals surface area contributed by atoms with Gasteiger partial charge in [-0.1, -0.05) is 32.0 Å². The fourth-order valence-electron chi connectivity index (χ4n) is 3.05. The predicted octanol–water partition coefficient (Wildman–Crippen LogP) is 3.56. The van der Waals surface area contributed by atoms with E-state index in [2.05, 4.69) is 39.7 Å². The van der Waals surface area contributed by atoms with Gasteiger partial charge in [0.2, 0.25) is 0 Å². The first-order valence-electron chi connectivity index (χ1n) is 9.49. The van der Waals surface area contributed by atoms with Crippen LogP contribution >= 0.6 is 24.0 Å². The largest absolute Gasteiger partial charge is 0.356 e. The van der Waals surface area contributed by atoms with Crippen molar-refractivity contribution in [3.8, 4) is 0 Å². The summed E-state index contributed by atoms with van der Waals surface area (Å²) in [6.07, 6.45) is 3.71. The third-order valence-corrected chi connectivity index (χ3v) is 4.78. The number of nitrogens with zero attached hydrogens (tertiary/aromatic N) is 4. The van der Waals surface area contributed by atoms with Gasteiger partial charge in [0.05, 0.1) is 0 Å². The van der Waals surface area contributed by atoms with E-state index in [9.17, 15) is 4.39 Å². The quantitative estimate of drug-likeness (QED) is 0.221. The number of hydrogen-bond donors (Lipinski definition) is 2. The highest BCUT2D eigenvalue weighted by Crippen LogP contribution is 2.22. The molecule has 0 saturated heterocycles. The van der Waals surface area contributed by atoms with Gasteiger partial charge in [-0.2, -0.15) is 0 Å². The maximum atomic E-state index is 13.5. The molecule has 0 unspecified atom stereocenters. The van der Waals surface area contributed by atoms with Crippen LogP contribution in [-0.2, 0) is 11.8 Å². The Kier molecular flexibility index (Phi) is 8.36. The summed E-state index contributed by atoms with van der Waals surface area (Å²) in [4.78, 5) is 4.27. The molecule has 6 nitrogen and oxygen atoms in total. The number of guanidine groups is 1. The van der Waals surface area contributed by atoms with Crippen LogP contribution in [0.3, 0.4) is 0 Å². The highest BCUT2D eigenvalue weighted by Gasteiger charge is 2.21. The fourth-order valence-corrected chi connectivity index (χ4v) is 3.05. The lowest BCUT2D eigenvalue weighted by atomic mass is 9.84. The Balaban J connectivity index is 0.00000300. The molecule has 156 valence electrons. The summed E-state index contributed by atoms with van der Waals surface area (Å²) in [5.41, 5.74) is 1.59. The van der Waals surface area contributed by atoms with Crippen molar-refractivity contribution in [2.24, 2.45) is 4.99 Å². The summed E-state index contributed by atoms with van der Waals surface area (Å²) < 4.78 is 15.5. The van der Waals surface area contributed by atoms with Crippen molar-refractivity contribution in [3.63, 3.8) is 0 Å². The molecule has 0 aliphatic carbocycles. The van der Waals surface area contributed by atoms with E-state index in [1.54, 1.807) is 19.2 Å². The fraction of sp³-hybridized carbons (Fsp3) is 0.381. The van der Waals surface area contributed by atoms with Crippen LogP contribution in [0.15, 0.2) is 53.7 Å².